The second-order valence-electron chi connectivity index (χ2n) is 2.56. The van der Waals surface area contributed by atoms with Gasteiger partial charge in [0, 0.05) is 26.9 Å². The van der Waals surface area contributed by atoms with Gasteiger partial charge < -0.3 is 10.1 Å². The molecule has 0 unspecified atom stereocenters. The number of aryl methyl sites for hydroxylation is 1. The molecule has 0 aliphatic rings. The number of unbranched alkanes of at least 4 members (excludes halogenated alkanes) is 1. The Labute approximate surface area is 93.5 Å². The van der Waals surface area contributed by atoms with E-state index in [0.717, 1.165) is 12.8 Å². The molecule has 0 saturated carbocycles. The molecule has 0 bridgehead atoms. The Morgan fingerprint density at radius 1 is 1.57 bits per heavy atom. The maximum absolute atomic E-state index is 10.3. The molecule has 1 aromatic heterocycles. The molecule has 8 heteroatoms. The molecule has 0 aliphatic heterocycles. The molecule has 14 heavy (non-hydrogen) atoms. The third-order valence-electron chi connectivity index (χ3n) is 1.53. The van der Waals surface area contributed by atoms with Gasteiger partial charge in [-0.2, -0.15) is 4.68 Å². The highest BCUT2D eigenvalue weighted by Gasteiger charge is 2.18. The molecule has 1 heterocycles. The van der Waals surface area contributed by atoms with Crippen LogP contribution in [0.25, 0.3) is 0 Å². The molecule has 78 valence electrons. The average Bonchev–Trinajstić information content (AvgIpc) is 2.49. The number of hydrogen-bond acceptors (Lipinski definition) is 4. The van der Waals surface area contributed by atoms with Gasteiger partial charge in [-0.25, -0.2) is 0 Å². The van der Waals surface area contributed by atoms with Crippen molar-refractivity contribution < 1.29 is 4.92 Å². The number of rotatable bonds is 5. The van der Waals surface area contributed by atoms with Gasteiger partial charge >= 0.3 is 5.95 Å². The van der Waals surface area contributed by atoms with Gasteiger partial charge in [0.25, 0.3) is 4.73 Å². The van der Waals surface area contributed by atoms with Crippen LogP contribution < -0.4 is 0 Å². The summed E-state index contributed by atoms with van der Waals surface area (Å²) >= 11 is 8.59. The third-order valence-corrected chi connectivity index (χ3v) is 2.39. The summed E-state index contributed by atoms with van der Waals surface area (Å²) in [5, 5.41) is 14.0. The van der Waals surface area contributed by atoms with E-state index >= 15 is 0 Å². The molecule has 1 rings (SSSR count). The summed E-state index contributed by atoms with van der Waals surface area (Å²) in [6.45, 7) is 0.578. The lowest BCUT2D eigenvalue weighted by molar-refractivity contribution is -0.394. The molecule has 0 fully saturated rings. The van der Waals surface area contributed by atoms with E-state index in [-0.39, 0.29) is 5.95 Å². The molecule has 1 aromatic rings. The maximum Gasteiger partial charge on any atom is 0.492 e. The summed E-state index contributed by atoms with van der Waals surface area (Å²) in [4.78, 5) is 13.3. The summed E-state index contributed by atoms with van der Waals surface area (Å²) in [6, 6.07) is 0. The smallest absolute Gasteiger partial charge is 0.390 e. The Bertz CT molecular complexity index is 330. The van der Waals surface area contributed by atoms with E-state index in [0.29, 0.717) is 17.2 Å². The van der Waals surface area contributed by atoms with Crippen molar-refractivity contribution in [1.29, 1.82) is 0 Å². The summed E-state index contributed by atoms with van der Waals surface area (Å²) < 4.78 is 1.82. The van der Waals surface area contributed by atoms with Crippen LogP contribution in [0.4, 0.5) is 5.95 Å². The predicted octanol–water partition coefficient (Wildman–Crippen LogP) is 1.97. The lowest BCUT2D eigenvalue weighted by atomic mass is 10.3. The van der Waals surface area contributed by atoms with E-state index in [1.54, 1.807) is 0 Å². The fourth-order valence-electron chi connectivity index (χ4n) is 0.887. The van der Waals surface area contributed by atoms with E-state index in [1.165, 1.54) is 4.68 Å². The van der Waals surface area contributed by atoms with Crippen LogP contribution in [0.15, 0.2) is 4.73 Å². The zero-order chi connectivity index (χ0) is 10.6. The van der Waals surface area contributed by atoms with Crippen molar-refractivity contribution in [3.63, 3.8) is 0 Å². The van der Waals surface area contributed by atoms with Crippen LogP contribution in [0.3, 0.4) is 0 Å². The number of alkyl halides is 1. The lowest BCUT2D eigenvalue weighted by Crippen LogP contribution is -2.01. The van der Waals surface area contributed by atoms with Gasteiger partial charge in [0.2, 0.25) is 0 Å². The first kappa shape index (κ1) is 11.4. The van der Waals surface area contributed by atoms with E-state index < -0.39 is 4.92 Å². The normalized spacial score (nSPS) is 10.4. The minimum Gasteiger partial charge on any atom is -0.390 e. The monoisotopic (exact) mass is 282 g/mol. The van der Waals surface area contributed by atoms with Gasteiger partial charge in [-0.3, -0.25) is 0 Å². The van der Waals surface area contributed by atoms with Crippen LogP contribution >= 0.6 is 27.5 Å². The second kappa shape index (κ2) is 5.26. The van der Waals surface area contributed by atoms with Gasteiger partial charge in [0.1, 0.15) is 0 Å². The van der Waals surface area contributed by atoms with Crippen LogP contribution in [0.2, 0.25) is 0 Å². The molecule has 0 saturated heterocycles. The first-order chi connectivity index (χ1) is 6.65. The van der Waals surface area contributed by atoms with E-state index in [1.807, 2.05) is 0 Å². The Balaban J connectivity index is 2.63. The number of hydrogen-bond donors (Lipinski definition) is 0. The highest BCUT2D eigenvalue weighted by atomic mass is 79.9. The van der Waals surface area contributed by atoms with Gasteiger partial charge in [-0.1, -0.05) is 0 Å². The van der Waals surface area contributed by atoms with E-state index in [4.69, 9.17) is 11.6 Å². The van der Waals surface area contributed by atoms with Crippen molar-refractivity contribution in [2.45, 2.75) is 19.4 Å². The fraction of sp³-hybridized carbons (Fsp3) is 0.667. The zero-order valence-electron chi connectivity index (χ0n) is 7.19. The molecule has 0 N–H and O–H groups in total. The van der Waals surface area contributed by atoms with Crippen LogP contribution in [-0.4, -0.2) is 25.6 Å². The van der Waals surface area contributed by atoms with Crippen molar-refractivity contribution in [2.75, 3.05) is 5.88 Å². The molecular formula is C6H8BrClN4O2. The number of nitro groups is 1. The Kier molecular flexibility index (Phi) is 4.27. The van der Waals surface area contributed by atoms with Gasteiger partial charge in [-0.05, 0) is 22.7 Å². The number of nitrogens with zero attached hydrogens (tertiary/aromatic N) is 4. The van der Waals surface area contributed by atoms with Gasteiger partial charge in [-0.15, -0.1) is 11.6 Å². The van der Waals surface area contributed by atoms with Gasteiger partial charge in [0.15, 0.2) is 0 Å². The van der Waals surface area contributed by atoms with Crippen LogP contribution in [0, 0.1) is 10.1 Å². The SMILES string of the molecule is O=[N+]([O-])c1nc(Br)n(CCCCCl)n1. The van der Waals surface area contributed by atoms with Crippen LogP contribution in [-0.2, 0) is 6.54 Å². The topological polar surface area (TPSA) is 73.8 Å². The molecule has 0 spiro atoms. The molecule has 0 aromatic carbocycles. The number of halogens is 2. The quantitative estimate of drug-likeness (QED) is 0.358. The predicted molar refractivity (Wildman–Crippen MR) is 54.3 cm³/mol. The Morgan fingerprint density at radius 3 is 2.79 bits per heavy atom. The Morgan fingerprint density at radius 2 is 2.29 bits per heavy atom. The molecule has 0 atom stereocenters. The van der Waals surface area contributed by atoms with Crippen LogP contribution in [0.5, 0.6) is 0 Å². The minimum atomic E-state index is -0.622. The van der Waals surface area contributed by atoms with Gasteiger partial charge in [0.05, 0.1) is 6.54 Å². The van der Waals surface area contributed by atoms with Crippen molar-refractivity contribution in [1.82, 2.24) is 14.8 Å². The molecular weight excluding hydrogens is 275 g/mol. The van der Waals surface area contributed by atoms with E-state index in [9.17, 15) is 10.1 Å². The molecule has 0 aliphatic carbocycles. The van der Waals surface area contributed by atoms with Crippen molar-refractivity contribution >= 4 is 33.5 Å². The first-order valence-corrected chi connectivity index (χ1v) is 5.28. The molecule has 6 nitrogen and oxygen atoms in total. The van der Waals surface area contributed by atoms with Crippen molar-refractivity contribution in [3.8, 4) is 0 Å². The average molecular weight is 284 g/mol. The summed E-state index contributed by atoms with van der Waals surface area (Å²) in [5.41, 5.74) is 0. The summed E-state index contributed by atoms with van der Waals surface area (Å²) in [5.74, 6) is 0.191. The zero-order valence-corrected chi connectivity index (χ0v) is 9.53. The van der Waals surface area contributed by atoms with E-state index in [2.05, 4.69) is 26.0 Å². The fourth-order valence-corrected chi connectivity index (χ4v) is 1.49. The highest BCUT2D eigenvalue weighted by Crippen LogP contribution is 2.12. The number of aromatic nitrogens is 3. The summed E-state index contributed by atoms with van der Waals surface area (Å²) in [6.07, 6.45) is 1.67. The van der Waals surface area contributed by atoms with Crippen molar-refractivity contribution in [3.05, 3.63) is 14.8 Å². The highest BCUT2D eigenvalue weighted by molar-refractivity contribution is 9.10. The maximum atomic E-state index is 10.3. The third kappa shape index (κ3) is 2.91. The second-order valence-corrected chi connectivity index (χ2v) is 3.64. The molecule has 0 amide bonds. The summed E-state index contributed by atoms with van der Waals surface area (Å²) in [7, 11) is 0. The minimum absolute atomic E-state index is 0.374. The van der Waals surface area contributed by atoms with Crippen LogP contribution in [0.1, 0.15) is 12.8 Å². The largest absolute Gasteiger partial charge is 0.492 e. The first-order valence-electron chi connectivity index (χ1n) is 3.96. The lowest BCUT2D eigenvalue weighted by Gasteiger charge is -1.94. The molecule has 0 radical (unpaired) electrons. The standard InChI is InChI=1S/C6H8BrClN4O2/c7-5-9-6(12(13)14)10-11(5)4-2-1-3-8/h1-4H2. The van der Waals surface area contributed by atoms with Crippen molar-refractivity contribution in [2.24, 2.45) is 0 Å². The Hall–Kier alpha value is -0.690.